The van der Waals surface area contributed by atoms with Gasteiger partial charge < -0.3 is 10.2 Å². The second kappa shape index (κ2) is 9.85. The van der Waals surface area contributed by atoms with Crippen LogP contribution in [0.1, 0.15) is 18.9 Å². The van der Waals surface area contributed by atoms with Crippen molar-refractivity contribution in [2.75, 3.05) is 31.1 Å². The summed E-state index contributed by atoms with van der Waals surface area (Å²) >= 11 is 0. The van der Waals surface area contributed by atoms with Crippen LogP contribution in [0.15, 0.2) is 59.6 Å². The summed E-state index contributed by atoms with van der Waals surface area (Å²) in [5.74, 6) is 0. The normalized spacial score (nSPS) is 14.3. The van der Waals surface area contributed by atoms with Gasteiger partial charge in [0.15, 0.2) is 0 Å². The summed E-state index contributed by atoms with van der Waals surface area (Å²) in [5, 5.41) is 4.29. The molecule has 1 fully saturated rings. The Balaban J connectivity index is 0.00000150. The SMILES string of the molecule is CCCc1ccc(S(=O)(=O)n2ccc3cc(N4CCNCC4)ccc32)cc1.Cl.Cl. The fourth-order valence-corrected chi connectivity index (χ4v) is 5.02. The first-order chi connectivity index (χ1) is 13.1. The Morgan fingerprint density at radius 2 is 1.66 bits per heavy atom. The van der Waals surface area contributed by atoms with Gasteiger partial charge in [0.2, 0.25) is 0 Å². The van der Waals surface area contributed by atoms with Crippen LogP contribution in [0.5, 0.6) is 0 Å². The highest BCUT2D eigenvalue weighted by Crippen LogP contribution is 2.27. The predicted octanol–water partition coefficient (Wildman–Crippen LogP) is 4.08. The number of aromatic nitrogens is 1. The number of piperazine rings is 1. The lowest BCUT2D eigenvalue weighted by atomic mass is 10.1. The smallest absolute Gasteiger partial charge is 0.268 e. The van der Waals surface area contributed by atoms with E-state index in [9.17, 15) is 8.42 Å². The van der Waals surface area contributed by atoms with Crippen molar-refractivity contribution in [2.45, 2.75) is 24.7 Å². The van der Waals surface area contributed by atoms with Crippen LogP contribution >= 0.6 is 24.8 Å². The third kappa shape index (κ3) is 4.72. The first kappa shape index (κ1) is 23.5. The molecule has 2 aromatic carbocycles. The van der Waals surface area contributed by atoms with E-state index in [2.05, 4.69) is 23.2 Å². The standard InChI is InChI=1S/C21H25N3O2S.2ClH/c1-2-3-17-4-7-20(8-5-17)27(25,26)24-13-10-18-16-19(6-9-21(18)24)23-14-11-22-12-15-23;;/h4-10,13,16,22H,2-3,11-12,14-15H2,1H3;2*1H. The van der Waals surface area contributed by atoms with Gasteiger partial charge in [0.1, 0.15) is 0 Å². The van der Waals surface area contributed by atoms with Crippen LogP contribution in [-0.2, 0) is 16.4 Å². The molecule has 29 heavy (non-hydrogen) atoms. The van der Waals surface area contributed by atoms with Crippen LogP contribution in [0.4, 0.5) is 5.69 Å². The van der Waals surface area contributed by atoms with E-state index in [1.807, 2.05) is 30.3 Å². The summed E-state index contributed by atoms with van der Waals surface area (Å²) in [6, 6.07) is 15.1. The monoisotopic (exact) mass is 455 g/mol. The minimum absolute atomic E-state index is 0. The zero-order chi connectivity index (χ0) is 18.9. The Morgan fingerprint density at radius 3 is 2.31 bits per heavy atom. The van der Waals surface area contributed by atoms with E-state index in [1.54, 1.807) is 18.3 Å². The molecule has 8 heteroatoms. The first-order valence-corrected chi connectivity index (χ1v) is 10.9. The highest BCUT2D eigenvalue weighted by molar-refractivity contribution is 7.90. The second-order valence-corrected chi connectivity index (χ2v) is 8.81. The van der Waals surface area contributed by atoms with E-state index in [0.717, 1.165) is 55.7 Å². The van der Waals surface area contributed by atoms with Crippen molar-refractivity contribution >= 4 is 51.4 Å². The third-order valence-corrected chi connectivity index (χ3v) is 6.84. The quantitative estimate of drug-likeness (QED) is 0.629. The van der Waals surface area contributed by atoms with E-state index in [0.29, 0.717) is 10.4 Å². The van der Waals surface area contributed by atoms with E-state index in [-0.39, 0.29) is 24.8 Å². The van der Waals surface area contributed by atoms with E-state index < -0.39 is 10.0 Å². The number of hydrogen-bond donors (Lipinski definition) is 1. The summed E-state index contributed by atoms with van der Waals surface area (Å²) in [4.78, 5) is 2.65. The Bertz CT molecular complexity index is 1040. The van der Waals surface area contributed by atoms with Gasteiger partial charge in [0.05, 0.1) is 10.4 Å². The third-order valence-electron chi connectivity index (χ3n) is 5.14. The minimum Gasteiger partial charge on any atom is -0.369 e. The molecular weight excluding hydrogens is 429 g/mol. The molecule has 0 atom stereocenters. The molecule has 0 unspecified atom stereocenters. The maximum absolute atomic E-state index is 13.1. The van der Waals surface area contributed by atoms with Crippen molar-refractivity contribution in [3.63, 3.8) is 0 Å². The lowest BCUT2D eigenvalue weighted by molar-refractivity contribution is 0.589. The Labute approximate surface area is 185 Å². The number of halogens is 2. The van der Waals surface area contributed by atoms with Gasteiger partial charge in [-0.2, -0.15) is 0 Å². The van der Waals surface area contributed by atoms with Crippen molar-refractivity contribution in [3.8, 4) is 0 Å². The molecule has 1 aliphatic rings. The van der Waals surface area contributed by atoms with Gasteiger partial charge in [-0.05, 0) is 48.4 Å². The highest BCUT2D eigenvalue weighted by Gasteiger charge is 2.19. The molecule has 0 aliphatic carbocycles. The topological polar surface area (TPSA) is 54.3 Å². The number of anilines is 1. The number of hydrogen-bond acceptors (Lipinski definition) is 4. The minimum atomic E-state index is -3.60. The van der Waals surface area contributed by atoms with Crippen molar-refractivity contribution in [1.29, 1.82) is 0 Å². The molecule has 0 bridgehead atoms. The van der Waals surface area contributed by atoms with Gasteiger partial charge in [-0.3, -0.25) is 0 Å². The van der Waals surface area contributed by atoms with Crippen LogP contribution in [0.3, 0.4) is 0 Å². The van der Waals surface area contributed by atoms with Crippen molar-refractivity contribution in [2.24, 2.45) is 0 Å². The molecule has 1 aliphatic heterocycles. The Morgan fingerprint density at radius 1 is 0.966 bits per heavy atom. The molecule has 0 spiro atoms. The average Bonchev–Trinajstić information content (AvgIpc) is 3.13. The highest BCUT2D eigenvalue weighted by atomic mass is 35.5. The molecule has 0 radical (unpaired) electrons. The maximum Gasteiger partial charge on any atom is 0.268 e. The molecule has 3 aromatic rings. The molecule has 1 N–H and O–H groups in total. The van der Waals surface area contributed by atoms with Crippen molar-refractivity contribution in [3.05, 3.63) is 60.3 Å². The Kier molecular flexibility index (Phi) is 8.00. The largest absolute Gasteiger partial charge is 0.369 e. The number of nitrogens with zero attached hydrogens (tertiary/aromatic N) is 2. The predicted molar refractivity (Wildman–Crippen MR) is 125 cm³/mol. The lowest BCUT2D eigenvalue weighted by Crippen LogP contribution is -2.43. The van der Waals surface area contributed by atoms with Crippen LogP contribution in [-0.4, -0.2) is 38.6 Å². The van der Waals surface area contributed by atoms with Gasteiger partial charge >= 0.3 is 0 Å². The van der Waals surface area contributed by atoms with Crippen molar-refractivity contribution < 1.29 is 8.42 Å². The molecule has 158 valence electrons. The number of benzene rings is 2. The molecule has 2 heterocycles. The molecule has 1 saturated heterocycles. The summed E-state index contributed by atoms with van der Waals surface area (Å²) in [6.07, 6.45) is 3.66. The molecule has 0 amide bonds. The van der Waals surface area contributed by atoms with Gasteiger partial charge in [-0.15, -0.1) is 24.8 Å². The van der Waals surface area contributed by atoms with Crippen LogP contribution in [0.25, 0.3) is 10.9 Å². The number of fused-ring (bicyclic) bond motifs is 1. The van der Waals surface area contributed by atoms with E-state index in [4.69, 9.17) is 0 Å². The number of rotatable bonds is 5. The zero-order valence-corrected chi connectivity index (χ0v) is 18.8. The second-order valence-electron chi connectivity index (χ2n) is 6.99. The Hall–Kier alpha value is -1.73. The van der Waals surface area contributed by atoms with Crippen LogP contribution < -0.4 is 10.2 Å². The fourth-order valence-electron chi connectivity index (χ4n) is 3.66. The van der Waals surface area contributed by atoms with Gasteiger partial charge in [-0.1, -0.05) is 25.5 Å². The average molecular weight is 456 g/mol. The summed E-state index contributed by atoms with van der Waals surface area (Å²) in [6.45, 7) is 6.00. The molecule has 4 rings (SSSR count). The molecule has 0 saturated carbocycles. The summed E-state index contributed by atoms with van der Waals surface area (Å²) < 4.78 is 27.6. The number of aryl methyl sites for hydroxylation is 1. The van der Waals surface area contributed by atoms with Crippen molar-refractivity contribution in [1.82, 2.24) is 9.29 Å². The molecule has 5 nitrogen and oxygen atoms in total. The maximum atomic E-state index is 13.1. The van der Waals surface area contributed by atoms with Crippen LogP contribution in [0, 0.1) is 0 Å². The van der Waals surface area contributed by atoms with Gasteiger partial charge in [-0.25, -0.2) is 12.4 Å². The zero-order valence-electron chi connectivity index (χ0n) is 16.4. The van der Waals surface area contributed by atoms with Gasteiger partial charge in [0.25, 0.3) is 10.0 Å². The number of nitrogens with one attached hydrogen (secondary N) is 1. The summed E-state index contributed by atoms with van der Waals surface area (Å²) in [5.41, 5.74) is 3.02. The fraction of sp³-hybridized carbons (Fsp3) is 0.333. The van der Waals surface area contributed by atoms with Gasteiger partial charge in [0, 0.05) is 43.4 Å². The first-order valence-electron chi connectivity index (χ1n) is 9.51. The molecule has 1 aromatic heterocycles. The summed E-state index contributed by atoms with van der Waals surface area (Å²) in [7, 11) is -3.60. The van der Waals surface area contributed by atoms with E-state index >= 15 is 0 Å². The molecular formula is C21H27Cl2N3O2S. The van der Waals surface area contributed by atoms with Crippen LogP contribution in [0.2, 0.25) is 0 Å². The lowest BCUT2D eigenvalue weighted by Gasteiger charge is -2.29. The van der Waals surface area contributed by atoms with E-state index in [1.165, 1.54) is 3.97 Å².